The van der Waals surface area contributed by atoms with Crippen molar-refractivity contribution in [3.8, 4) is 0 Å². The molecule has 0 aliphatic carbocycles. The molecule has 0 aliphatic heterocycles. The number of hydrogen-bond acceptors (Lipinski definition) is 5. The van der Waals surface area contributed by atoms with Crippen LogP contribution in [0.1, 0.15) is 10.4 Å². The monoisotopic (exact) mass is 287 g/mol. The minimum Gasteiger partial charge on any atom is -0.397 e. The van der Waals surface area contributed by atoms with Gasteiger partial charge in [0.15, 0.2) is 0 Å². The standard InChI is InChI=1S/C14H13N3O2S/c15-11-8-16-7-6-12(11)20-9-13(18)17-14(19)10-4-2-1-3-5-10/h1-8H,9,15H2,(H,17,18,19). The summed E-state index contributed by atoms with van der Waals surface area (Å²) in [5.74, 6) is -0.647. The van der Waals surface area contributed by atoms with E-state index in [1.807, 2.05) is 0 Å². The van der Waals surface area contributed by atoms with E-state index in [0.717, 1.165) is 4.90 Å². The number of carbonyl (C=O) groups excluding carboxylic acids is 2. The predicted octanol–water partition coefficient (Wildman–Crippen LogP) is 1.71. The molecule has 3 N–H and O–H groups in total. The van der Waals surface area contributed by atoms with Gasteiger partial charge in [-0.25, -0.2) is 0 Å². The summed E-state index contributed by atoms with van der Waals surface area (Å²) in [6.07, 6.45) is 3.13. The molecule has 0 saturated heterocycles. The van der Waals surface area contributed by atoms with E-state index in [0.29, 0.717) is 11.3 Å². The van der Waals surface area contributed by atoms with Crippen LogP contribution in [0.3, 0.4) is 0 Å². The highest BCUT2D eigenvalue weighted by Crippen LogP contribution is 2.22. The van der Waals surface area contributed by atoms with Gasteiger partial charge in [-0.2, -0.15) is 0 Å². The van der Waals surface area contributed by atoms with Gasteiger partial charge in [-0.1, -0.05) is 18.2 Å². The van der Waals surface area contributed by atoms with Crippen molar-refractivity contribution in [2.45, 2.75) is 4.90 Å². The fourth-order valence-electron chi connectivity index (χ4n) is 1.49. The van der Waals surface area contributed by atoms with Crippen LogP contribution < -0.4 is 11.1 Å². The number of nitrogens with two attached hydrogens (primary N) is 1. The fraction of sp³-hybridized carbons (Fsp3) is 0.0714. The molecule has 2 amide bonds. The molecule has 0 atom stereocenters. The Hall–Kier alpha value is -2.34. The van der Waals surface area contributed by atoms with Crippen LogP contribution >= 0.6 is 11.8 Å². The average molecular weight is 287 g/mol. The molecule has 2 aromatic rings. The molecular formula is C14H13N3O2S. The molecule has 5 nitrogen and oxygen atoms in total. The van der Waals surface area contributed by atoms with Gasteiger partial charge in [-0.3, -0.25) is 19.9 Å². The van der Waals surface area contributed by atoms with Crippen molar-refractivity contribution in [3.63, 3.8) is 0 Å². The van der Waals surface area contributed by atoms with Gasteiger partial charge in [0.25, 0.3) is 5.91 Å². The molecule has 6 heteroatoms. The largest absolute Gasteiger partial charge is 0.397 e. The van der Waals surface area contributed by atoms with E-state index in [9.17, 15) is 9.59 Å². The first-order valence-corrected chi connectivity index (χ1v) is 6.87. The van der Waals surface area contributed by atoms with Crippen molar-refractivity contribution in [2.24, 2.45) is 0 Å². The molecule has 1 aromatic heterocycles. The number of benzene rings is 1. The molecule has 20 heavy (non-hydrogen) atoms. The zero-order valence-corrected chi connectivity index (χ0v) is 11.4. The number of aromatic nitrogens is 1. The Morgan fingerprint density at radius 3 is 2.65 bits per heavy atom. The third kappa shape index (κ3) is 3.83. The van der Waals surface area contributed by atoms with Gasteiger partial charge in [-0.05, 0) is 18.2 Å². The van der Waals surface area contributed by atoms with Crippen LogP contribution in [-0.4, -0.2) is 22.6 Å². The first kappa shape index (κ1) is 14.1. The van der Waals surface area contributed by atoms with Crippen molar-refractivity contribution < 1.29 is 9.59 Å². The van der Waals surface area contributed by atoms with Gasteiger partial charge >= 0.3 is 0 Å². The maximum absolute atomic E-state index is 11.8. The summed E-state index contributed by atoms with van der Waals surface area (Å²) in [7, 11) is 0. The molecule has 102 valence electrons. The highest BCUT2D eigenvalue weighted by molar-refractivity contribution is 8.00. The number of anilines is 1. The summed E-state index contributed by atoms with van der Waals surface area (Å²) in [4.78, 5) is 28.1. The molecule has 0 bridgehead atoms. The normalized spacial score (nSPS) is 10.0. The van der Waals surface area contributed by atoms with Gasteiger partial charge in [0.05, 0.1) is 17.6 Å². The van der Waals surface area contributed by atoms with E-state index < -0.39 is 5.91 Å². The molecule has 1 heterocycles. The highest BCUT2D eigenvalue weighted by atomic mass is 32.2. The molecule has 0 radical (unpaired) electrons. The summed E-state index contributed by atoms with van der Waals surface area (Å²) < 4.78 is 0. The number of nitrogens with zero attached hydrogens (tertiary/aromatic N) is 1. The molecule has 0 aliphatic rings. The maximum Gasteiger partial charge on any atom is 0.257 e. The first-order chi connectivity index (χ1) is 9.66. The number of hydrogen-bond donors (Lipinski definition) is 2. The molecule has 1 aromatic carbocycles. The second-order valence-electron chi connectivity index (χ2n) is 3.95. The van der Waals surface area contributed by atoms with Crippen LogP contribution in [0.5, 0.6) is 0 Å². The summed E-state index contributed by atoms with van der Waals surface area (Å²) in [6, 6.07) is 10.3. The van der Waals surface area contributed by atoms with Crippen LogP contribution in [0.25, 0.3) is 0 Å². The Bertz CT molecular complexity index is 617. The lowest BCUT2D eigenvalue weighted by molar-refractivity contribution is -0.117. The van der Waals surface area contributed by atoms with Gasteiger partial charge in [0.2, 0.25) is 5.91 Å². The van der Waals surface area contributed by atoms with Gasteiger partial charge < -0.3 is 5.73 Å². The maximum atomic E-state index is 11.8. The Morgan fingerprint density at radius 1 is 1.20 bits per heavy atom. The van der Waals surface area contributed by atoms with Crippen LogP contribution in [-0.2, 0) is 4.79 Å². The Labute approximate surface area is 120 Å². The number of nitrogen functional groups attached to an aromatic ring is 1. The topological polar surface area (TPSA) is 85.1 Å². The van der Waals surface area contributed by atoms with E-state index in [1.54, 1.807) is 42.6 Å². The second kappa shape index (κ2) is 6.72. The quantitative estimate of drug-likeness (QED) is 0.836. The molecule has 0 unspecified atom stereocenters. The van der Waals surface area contributed by atoms with Gasteiger partial charge in [0, 0.05) is 16.7 Å². The van der Waals surface area contributed by atoms with Crippen LogP contribution in [0, 0.1) is 0 Å². The number of amides is 2. The lowest BCUT2D eigenvalue weighted by atomic mass is 10.2. The summed E-state index contributed by atoms with van der Waals surface area (Å²) in [5.41, 5.74) is 6.68. The van der Waals surface area contributed by atoms with Gasteiger partial charge in [-0.15, -0.1) is 11.8 Å². The number of thioether (sulfide) groups is 1. The van der Waals surface area contributed by atoms with Crippen LogP contribution in [0.2, 0.25) is 0 Å². The SMILES string of the molecule is Nc1cnccc1SCC(=O)NC(=O)c1ccccc1. The van der Waals surface area contributed by atoms with E-state index in [4.69, 9.17) is 5.73 Å². The number of carbonyl (C=O) groups is 2. The van der Waals surface area contributed by atoms with Crippen molar-refractivity contribution in [1.29, 1.82) is 0 Å². The molecule has 0 spiro atoms. The smallest absolute Gasteiger partial charge is 0.257 e. The van der Waals surface area contributed by atoms with Crippen LogP contribution in [0.15, 0.2) is 53.7 Å². The molecule has 0 saturated carbocycles. The van der Waals surface area contributed by atoms with Gasteiger partial charge in [0.1, 0.15) is 0 Å². The number of nitrogens with one attached hydrogen (secondary N) is 1. The number of pyridine rings is 1. The summed E-state index contributed by atoms with van der Waals surface area (Å²) in [6.45, 7) is 0. The van der Waals surface area contributed by atoms with Crippen molar-refractivity contribution in [3.05, 3.63) is 54.4 Å². The van der Waals surface area contributed by atoms with Crippen molar-refractivity contribution >= 4 is 29.3 Å². The Morgan fingerprint density at radius 2 is 1.95 bits per heavy atom. The minimum atomic E-state index is -0.404. The number of rotatable bonds is 4. The third-order valence-corrected chi connectivity index (χ3v) is 3.55. The Kier molecular flexibility index (Phi) is 4.73. The summed E-state index contributed by atoms with van der Waals surface area (Å²) in [5, 5.41) is 2.33. The lowest BCUT2D eigenvalue weighted by Gasteiger charge is -2.05. The fourth-order valence-corrected chi connectivity index (χ4v) is 2.23. The highest BCUT2D eigenvalue weighted by Gasteiger charge is 2.10. The van der Waals surface area contributed by atoms with Crippen molar-refractivity contribution in [1.82, 2.24) is 10.3 Å². The second-order valence-corrected chi connectivity index (χ2v) is 4.96. The van der Waals surface area contributed by atoms with E-state index in [2.05, 4.69) is 10.3 Å². The number of imide groups is 1. The van der Waals surface area contributed by atoms with E-state index in [1.165, 1.54) is 18.0 Å². The Balaban J connectivity index is 1.87. The zero-order chi connectivity index (χ0) is 14.4. The molecular weight excluding hydrogens is 274 g/mol. The van der Waals surface area contributed by atoms with E-state index in [-0.39, 0.29) is 11.7 Å². The molecule has 2 rings (SSSR count). The lowest BCUT2D eigenvalue weighted by Crippen LogP contribution is -2.31. The summed E-state index contributed by atoms with van der Waals surface area (Å²) >= 11 is 1.26. The minimum absolute atomic E-state index is 0.118. The van der Waals surface area contributed by atoms with Crippen LogP contribution in [0.4, 0.5) is 5.69 Å². The average Bonchev–Trinajstić information content (AvgIpc) is 2.47. The van der Waals surface area contributed by atoms with E-state index >= 15 is 0 Å². The van der Waals surface area contributed by atoms with Crippen molar-refractivity contribution in [2.75, 3.05) is 11.5 Å². The zero-order valence-electron chi connectivity index (χ0n) is 10.6. The first-order valence-electron chi connectivity index (χ1n) is 5.88. The third-order valence-electron chi connectivity index (χ3n) is 2.46. The molecule has 0 fully saturated rings. The predicted molar refractivity (Wildman–Crippen MR) is 78.3 cm³/mol.